The van der Waals surface area contributed by atoms with Crippen LogP contribution in [0.5, 0.6) is 0 Å². The second-order valence-corrected chi connectivity index (χ2v) is 4.49. The fraction of sp³-hybridized carbons (Fsp3) is 0.417. The lowest BCUT2D eigenvalue weighted by molar-refractivity contribution is -0.141. The summed E-state index contributed by atoms with van der Waals surface area (Å²) in [5.74, 6) is -1.66. The second kappa shape index (κ2) is 5.47. The number of carbonyl (C=O) groups excluding carboxylic acids is 2. The molecule has 118 valence electrons. The van der Waals surface area contributed by atoms with Crippen molar-refractivity contribution in [2.24, 2.45) is 19.1 Å². The van der Waals surface area contributed by atoms with Crippen LogP contribution in [-0.4, -0.2) is 47.0 Å². The predicted molar refractivity (Wildman–Crippen MR) is 75.5 cm³/mol. The van der Waals surface area contributed by atoms with Gasteiger partial charge in [0.15, 0.2) is 17.4 Å². The molecule has 1 aromatic rings. The molecule has 1 N–H and O–H groups in total. The maximum Gasteiger partial charge on any atom is 0.355 e. The summed E-state index contributed by atoms with van der Waals surface area (Å²) in [6.45, 7) is 0. The zero-order valence-electron chi connectivity index (χ0n) is 12.4. The average molecular weight is 310 g/mol. The van der Waals surface area contributed by atoms with Crippen molar-refractivity contribution < 1.29 is 19.1 Å². The molecule has 0 saturated heterocycles. The van der Waals surface area contributed by atoms with Crippen molar-refractivity contribution in [3.63, 3.8) is 0 Å². The summed E-state index contributed by atoms with van der Waals surface area (Å²) in [5.41, 5.74) is -1.78. The van der Waals surface area contributed by atoms with Crippen molar-refractivity contribution in [2.45, 2.75) is 6.04 Å². The smallest absolute Gasteiger partial charge is 0.355 e. The van der Waals surface area contributed by atoms with Crippen LogP contribution in [0.15, 0.2) is 14.6 Å². The number of nitrogens with one attached hydrogen (secondary N) is 1. The summed E-state index contributed by atoms with van der Waals surface area (Å²) in [4.78, 5) is 51.5. The molecule has 0 bridgehead atoms. The number of aliphatic imine (C=N–C) groups is 1. The molecule has 2 rings (SSSR count). The van der Waals surface area contributed by atoms with Gasteiger partial charge in [-0.05, 0) is 0 Å². The third-order valence-corrected chi connectivity index (χ3v) is 3.26. The summed E-state index contributed by atoms with van der Waals surface area (Å²) in [5, 5.41) is 2.63. The zero-order valence-corrected chi connectivity index (χ0v) is 12.4. The molecule has 0 radical (unpaired) electrons. The van der Waals surface area contributed by atoms with E-state index in [4.69, 9.17) is 0 Å². The fourth-order valence-electron chi connectivity index (χ4n) is 2.04. The van der Waals surface area contributed by atoms with Crippen molar-refractivity contribution in [3.8, 4) is 0 Å². The maximum absolute atomic E-state index is 12.1. The number of hydrogen-bond donors (Lipinski definition) is 1. The van der Waals surface area contributed by atoms with Crippen LogP contribution in [0.3, 0.4) is 0 Å². The SMILES string of the molecule is COC(=O)C1=Nc2c(n(C)c(=O)n(C)c2=O)NC1C(=O)OC. The summed E-state index contributed by atoms with van der Waals surface area (Å²) < 4.78 is 11.1. The van der Waals surface area contributed by atoms with Gasteiger partial charge in [0, 0.05) is 14.1 Å². The quantitative estimate of drug-likeness (QED) is 0.646. The van der Waals surface area contributed by atoms with Crippen LogP contribution < -0.4 is 16.6 Å². The largest absolute Gasteiger partial charge is 0.467 e. The van der Waals surface area contributed by atoms with Crippen LogP contribution >= 0.6 is 0 Å². The van der Waals surface area contributed by atoms with E-state index in [9.17, 15) is 19.2 Å². The molecule has 0 saturated carbocycles. The minimum Gasteiger partial charge on any atom is -0.467 e. The Bertz CT molecular complexity index is 803. The lowest BCUT2D eigenvalue weighted by Gasteiger charge is -2.25. The molecule has 0 aliphatic carbocycles. The van der Waals surface area contributed by atoms with E-state index >= 15 is 0 Å². The highest BCUT2D eigenvalue weighted by atomic mass is 16.5. The van der Waals surface area contributed by atoms with E-state index in [0.29, 0.717) is 0 Å². The molecule has 1 aliphatic heterocycles. The number of carbonyl (C=O) groups is 2. The van der Waals surface area contributed by atoms with Crippen molar-refractivity contribution in [3.05, 3.63) is 20.8 Å². The number of anilines is 1. The number of esters is 2. The number of hydrogen-bond acceptors (Lipinski definition) is 8. The minimum absolute atomic E-state index is 0.0242. The Morgan fingerprint density at radius 3 is 2.32 bits per heavy atom. The molecule has 1 aromatic heterocycles. The molecule has 1 atom stereocenters. The number of nitrogens with zero attached hydrogens (tertiary/aromatic N) is 3. The average Bonchev–Trinajstić information content (AvgIpc) is 2.55. The summed E-state index contributed by atoms with van der Waals surface area (Å²) in [6, 6.07) is -1.28. The third kappa shape index (κ3) is 2.18. The van der Waals surface area contributed by atoms with Gasteiger partial charge in [0.2, 0.25) is 0 Å². The van der Waals surface area contributed by atoms with E-state index in [1.54, 1.807) is 0 Å². The van der Waals surface area contributed by atoms with Crippen LogP contribution in [0.1, 0.15) is 0 Å². The van der Waals surface area contributed by atoms with Crippen molar-refractivity contribution in [1.82, 2.24) is 9.13 Å². The Morgan fingerprint density at radius 1 is 1.14 bits per heavy atom. The van der Waals surface area contributed by atoms with Gasteiger partial charge >= 0.3 is 17.6 Å². The van der Waals surface area contributed by atoms with Gasteiger partial charge in [0.05, 0.1) is 14.2 Å². The number of aromatic nitrogens is 2. The lowest BCUT2D eigenvalue weighted by atomic mass is 10.1. The van der Waals surface area contributed by atoms with Gasteiger partial charge in [-0.1, -0.05) is 0 Å². The van der Waals surface area contributed by atoms with E-state index in [0.717, 1.165) is 23.4 Å². The first-order chi connectivity index (χ1) is 10.3. The highest BCUT2D eigenvalue weighted by molar-refractivity contribution is 6.44. The van der Waals surface area contributed by atoms with Crippen molar-refractivity contribution >= 4 is 29.2 Å². The van der Waals surface area contributed by atoms with Gasteiger partial charge in [-0.25, -0.2) is 19.4 Å². The Morgan fingerprint density at radius 2 is 1.77 bits per heavy atom. The first-order valence-corrected chi connectivity index (χ1v) is 6.14. The highest BCUT2D eigenvalue weighted by Crippen LogP contribution is 2.25. The first kappa shape index (κ1) is 15.5. The van der Waals surface area contributed by atoms with Gasteiger partial charge in [-0.2, -0.15) is 0 Å². The summed E-state index contributed by atoms with van der Waals surface area (Å²) in [6.07, 6.45) is 0. The molecule has 2 heterocycles. The molecule has 0 amide bonds. The van der Waals surface area contributed by atoms with Crippen LogP contribution in [0.25, 0.3) is 0 Å². The molecule has 10 heteroatoms. The summed E-state index contributed by atoms with van der Waals surface area (Å²) in [7, 11) is 4.94. The predicted octanol–water partition coefficient (Wildman–Crippen LogP) is -1.70. The fourth-order valence-corrected chi connectivity index (χ4v) is 2.04. The topological polar surface area (TPSA) is 121 Å². The van der Waals surface area contributed by atoms with Crippen LogP contribution in [0.2, 0.25) is 0 Å². The van der Waals surface area contributed by atoms with E-state index in [1.807, 2.05) is 0 Å². The molecular weight excluding hydrogens is 296 g/mol. The second-order valence-electron chi connectivity index (χ2n) is 4.49. The van der Waals surface area contributed by atoms with Gasteiger partial charge in [0.1, 0.15) is 5.82 Å². The van der Waals surface area contributed by atoms with Crippen LogP contribution in [-0.2, 0) is 33.2 Å². The van der Waals surface area contributed by atoms with Crippen LogP contribution in [0.4, 0.5) is 11.5 Å². The van der Waals surface area contributed by atoms with Crippen molar-refractivity contribution in [1.29, 1.82) is 0 Å². The molecule has 1 unspecified atom stereocenters. The standard InChI is InChI=1S/C12H14N4O6/c1-15-8-7(9(17)16(2)12(15)20)13-5(10(18)21-3)6(14-8)11(19)22-4/h6,14H,1-4H3. The Balaban J connectivity index is 2.77. The van der Waals surface area contributed by atoms with E-state index < -0.39 is 29.2 Å². The molecule has 0 aromatic carbocycles. The lowest BCUT2D eigenvalue weighted by Crippen LogP contribution is -2.48. The van der Waals surface area contributed by atoms with Gasteiger partial charge in [0.25, 0.3) is 5.56 Å². The molecular formula is C12H14N4O6. The molecule has 1 aliphatic rings. The number of rotatable bonds is 2. The minimum atomic E-state index is -1.28. The van der Waals surface area contributed by atoms with E-state index in [-0.39, 0.29) is 17.2 Å². The molecule has 0 fully saturated rings. The normalized spacial score (nSPS) is 16.2. The third-order valence-electron chi connectivity index (χ3n) is 3.26. The monoisotopic (exact) mass is 310 g/mol. The number of methoxy groups -OCH3 is 2. The molecule has 0 spiro atoms. The Kier molecular flexibility index (Phi) is 3.85. The van der Waals surface area contributed by atoms with E-state index in [2.05, 4.69) is 19.8 Å². The first-order valence-electron chi connectivity index (χ1n) is 6.14. The summed E-state index contributed by atoms with van der Waals surface area (Å²) >= 11 is 0. The molecule has 10 nitrogen and oxygen atoms in total. The number of fused-ring (bicyclic) bond motifs is 1. The van der Waals surface area contributed by atoms with Gasteiger partial charge in [-0.3, -0.25) is 13.9 Å². The number of ether oxygens (including phenoxy) is 2. The van der Waals surface area contributed by atoms with Crippen LogP contribution in [0, 0.1) is 0 Å². The van der Waals surface area contributed by atoms with E-state index in [1.165, 1.54) is 14.1 Å². The molecule has 22 heavy (non-hydrogen) atoms. The highest BCUT2D eigenvalue weighted by Gasteiger charge is 2.37. The zero-order chi connectivity index (χ0) is 16.6. The van der Waals surface area contributed by atoms with Gasteiger partial charge < -0.3 is 14.8 Å². The van der Waals surface area contributed by atoms with Gasteiger partial charge in [-0.15, -0.1) is 0 Å². The Hall–Kier alpha value is -2.91. The Labute approximate surface area is 124 Å². The maximum atomic E-state index is 12.1. The van der Waals surface area contributed by atoms with Crippen molar-refractivity contribution in [2.75, 3.05) is 19.5 Å².